The van der Waals surface area contributed by atoms with Crippen LogP contribution in [0.4, 0.5) is 5.69 Å². The van der Waals surface area contributed by atoms with Gasteiger partial charge in [0.25, 0.3) is 5.91 Å². The Hall–Kier alpha value is -2.04. The number of carbonyl (C=O) groups is 2. The number of hydrogen-bond acceptors (Lipinski definition) is 3. The van der Waals surface area contributed by atoms with Crippen molar-refractivity contribution in [3.63, 3.8) is 0 Å². The summed E-state index contributed by atoms with van der Waals surface area (Å²) >= 11 is 0. The Bertz CT molecular complexity index is 788. The van der Waals surface area contributed by atoms with E-state index in [0.717, 1.165) is 44.2 Å². The summed E-state index contributed by atoms with van der Waals surface area (Å²) in [5, 5.41) is 10.3. The fraction of sp³-hybridized carbons (Fsp3) is 0.636. The van der Waals surface area contributed by atoms with E-state index in [9.17, 15) is 9.59 Å². The third kappa shape index (κ3) is 2.66. The topological polar surface area (TPSA) is 70.2 Å². The van der Waals surface area contributed by atoms with Gasteiger partial charge in [-0.3, -0.25) is 9.59 Å². The van der Waals surface area contributed by atoms with Crippen molar-refractivity contribution in [3.05, 3.63) is 29.8 Å². The van der Waals surface area contributed by atoms with Crippen LogP contribution in [-0.2, 0) is 4.79 Å². The van der Waals surface area contributed by atoms with Gasteiger partial charge in [0.15, 0.2) is 0 Å². The summed E-state index contributed by atoms with van der Waals surface area (Å²) in [6.45, 7) is 2.25. The maximum Gasteiger partial charge on any atom is 0.255 e. The van der Waals surface area contributed by atoms with Crippen LogP contribution in [-0.4, -0.2) is 23.5 Å². The van der Waals surface area contributed by atoms with Crippen molar-refractivity contribution in [1.82, 2.24) is 10.6 Å². The normalized spacial score (nSPS) is 37.6. The Morgan fingerprint density at radius 1 is 1.15 bits per heavy atom. The van der Waals surface area contributed by atoms with E-state index in [0.29, 0.717) is 11.6 Å². The average Bonchev–Trinajstić information content (AvgIpc) is 3.14. The van der Waals surface area contributed by atoms with Gasteiger partial charge in [0, 0.05) is 23.6 Å². The highest BCUT2D eigenvalue weighted by molar-refractivity contribution is 6.02. The molecule has 4 aliphatic carbocycles. The highest BCUT2D eigenvalue weighted by atomic mass is 16.2. The molecule has 0 radical (unpaired) electrons. The van der Waals surface area contributed by atoms with E-state index in [1.807, 2.05) is 24.3 Å². The van der Waals surface area contributed by atoms with Crippen molar-refractivity contribution in [2.24, 2.45) is 17.3 Å². The van der Waals surface area contributed by atoms with Gasteiger partial charge in [0.05, 0.1) is 5.56 Å². The van der Waals surface area contributed by atoms with Crippen molar-refractivity contribution < 1.29 is 9.59 Å². The number of nitrogens with one attached hydrogen (secondary N) is 3. The maximum atomic E-state index is 13.1. The Balaban J connectivity index is 1.39. The summed E-state index contributed by atoms with van der Waals surface area (Å²) in [6.07, 6.45) is 8.48. The minimum absolute atomic E-state index is 0.00690. The molecule has 1 aliphatic heterocycles. The molecule has 4 atom stereocenters. The van der Waals surface area contributed by atoms with Gasteiger partial charge < -0.3 is 16.0 Å². The molecule has 3 N–H and O–H groups in total. The summed E-state index contributed by atoms with van der Waals surface area (Å²) < 4.78 is 0. The van der Waals surface area contributed by atoms with Gasteiger partial charge in [-0.25, -0.2) is 0 Å². The molecule has 1 heterocycles. The van der Waals surface area contributed by atoms with Crippen molar-refractivity contribution in [1.29, 1.82) is 0 Å². The van der Waals surface area contributed by atoms with Gasteiger partial charge in [-0.2, -0.15) is 0 Å². The van der Waals surface area contributed by atoms with Crippen molar-refractivity contribution in [2.45, 2.75) is 70.0 Å². The van der Waals surface area contributed by atoms with Gasteiger partial charge in [-0.05, 0) is 56.1 Å². The minimum atomic E-state index is -0.414. The van der Waals surface area contributed by atoms with Crippen molar-refractivity contribution in [2.75, 3.05) is 5.32 Å². The van der Waals surface area contributed by atoms with E-state index in [1.54, 1.807) is 0 Å². The number of fused-ring (bicyclic) bond motifs is 3. The highest BCUT2D eigenvalue weighted by Gasteiger charge is 2.60. The van der Waals surface area contributed by atoms with Gasteiger partial charge in [-0.1, -0.05) is 31.9 Å². The fourth-order valence-corrected chi connectivity index (χ4v) is 6.23. The van der Waals surface area contributed by atoms with Crippen LogP contribution in [0.25, 0.3) is 0 Å². The van der Waals surface area contributed by atoms with Gasteiger partial charge in [-0.15, -0.1) is 0 Å². The fourth-order valence-electron chi connectivity index (χ4n) is 6.23. The number of amides is 2. The molecule has 5 nitrogen and oxygen atoms in total. The molecular formula is C22H29N3O2. The summed E-state index contributed by atoms with van der Waals surface area (Å²) in [5.74, 6) is 0.591. The Morgan fingerprint density at radius 3 is 2.70 bits per heavy atom. The first-order chi connectivity index (χ1) is 13.0. The predicted octanol–water partition coefficient (Wildman–Crippen LogP) is 3.42. The lowest BCUT2D eigenvalue weighted by Crippen LogP contribution is -2.70. The predicted molar refractivity (Wildman–Crippen MR) is 104 cm³/mol. The summed E-state index contributed by atoms with van der Waals surface area (Å²) in [4.78, 5) is 25.8. The van der Waals surface area contributed by atoms with Crippen LogP contribution in [0.15, 0.2) is 24.3 Å². The molecule has 27 heavy (non-hydrogen) atoms. The molecule has 6 rings (SSSR count). The number of rotatable bonds is 2. The van der Waals surface area contributed by atoms with Gasteiger partial charge >= 0.3 is 0 Å². The molecule has 4 saturated carbocycles. The first-order valence-corrected chi connectivity index (χ1v) is 10.5. The molecular weight excluding hydrogens is 338 g/mol. The molecule has 2 bridgehead atoms. The van der Waals surface area contributed by atoms with E-state index in [-0.39, 0.29) is 29.1 Å². The molecule has 4 unspecified atom stereocenters. The van der Waals surface area contributed by atoms with Crippen LogP contribution in [0, 0.1) is 17.3 Å². The molecule has 5 heteroatoms. The Labute approximate surface area is 160 Å². The highest BCUT2D eigenvalue weighted by Crippen LogP contribution is 2.58. The zero-order valence-corrected chi connectivity index (χ0v) is 16.0. The molecule has 0 aromatic heterocycles. The second-order valence-electron chi connectivity index (χ2n) is 9.44. The van der Waals surface area contributed by atoms with Crippen LogP contribution in [0.1, 0.15) is 68.6 Å². The molecule has 1 aromatic carbocycles. The molecule has 4 fully saturated rings. The van der Waals surface area contributed by atoms with E-state index in [1.165, 1.54) is 12.8 Å². The first kappa shape index (κ1) is 17.1. The van der Waals surface area contributed by atoms with E-state index < -0.39 is 5.66 Å². The monoisotopic (exact) mass is 367 g/mol. The summed E-state index contributed by atoms with van der Waals surface area (Å²) in [7, 11) is 0. The standard InChI is InChI=1S/C22H29N3O2/c1-21-11-10-14(12-17(21)20(27)23-15-6-2-3-7-15)22(13-21)24-18-9-5-4-8-16(18)19(26)25-22/h4-5,8-9,14-15,17,24H,2-3,6-7,10-13H2,1H3,(H,23,27)(H,25,26). The van der Waals surface area contributed by atoms with Crippen LogP contribution in [0.3, 0.4) is 0 Å². The smallest absolute Gasteiger partial charge is 0.255 e. The lowest BCUT2D eigenvalue weighted by molar-refractivity contribution is -0.140. The third-order valence-electron chi connectivity index (χ3n) is 7.69. The van der Waals surface area contributed by atoms with Gasteiger partial charge in [0.1, 0.15) is 5.66 Å². The number of benzene rings is 1. The second kappa shape index (κ2) is 5.98. The Morgan fingerprint density at radius 2 is 1.93 bits per heavy atom. The SMILES string of the molecule is CC12CCC(CC1C(=O)NC1CCCC1)C1(C2)NC(=O)c2ccccc2N1. The largest absolute Gasteiger partial charge is 0.362 e. The van der Waals surface area contributed by atoms with Crippen LogP contribution in [0.5, 0.6) is 0 Å². The van der Waals surface area contributed by atoms with Crippen LogP contribution < -0.4 is 16.0 Å². The molecule has 0 saturated heterocycles. The number of anilines is 1. The van der Waals surface area contributed by atoms with E-state index in [4.69, 9.17) is 0 Å². The van der Waals surface area contributed by atoms with E-state index >= 15 is 0 Å². The zero-order valence-electron chi connectivity index (χ0n) is 16.0. The molecule has 2 amide bonds. The first-order valence-electron chi connectivity index (χ1n) is 10.5. The zero-order chi connectivity index (χ0) is 18.6. The number of carbonyl (C=O) groups excluding carboxylic acids is 2. The molecule has 5 aliphatic rings. The lowest BCUT2D eigenvalue weighted by Gasteiger charge is -2.60. The Kier molecular flexibility index (Phi) is 3.78. The van der Waals surface area contributed by atoms with E-state index in [2.05, 4.69) is 22.9 Å². The maximum absolute atomic E-state index is 13.1. The third-order valence-corrected chi connectivity index (χ3v) is 7.69. The summed E-state index contributed by atoms with van der Waals surface area (Å²) in [5.41, 5.74) is 1.14. The minimum Gasteiger partial charge on any atom is -0.362 e. The average molecular weight is 367 g/mol. The number of para-hydroxylation sites is 1. The molecule has 1 aromatic rings. The molecule has 1 spiro atoms. The van der Waals surface area contributed by atoms with Crippen molar-refractivity contribution >= 4 is 17.5 Å². The molecule has 144 valence electrons. The van der Waals surface area contributed by atoms with Crippen molar-refractivity contribution in [3.8, 4) is 0 Å². The van der Waals surface area contributed by atoms with Crippen LogP contribution >= 0.6 is 0 Å². The van der Waals surface area contributed by atoms with Crippen LogP contribution in [0.2, 0.25) is 0 Å². The number of hydrogen-bond donors (Lipinski definition) is 3. The second-order valence-corrected chi connectivity index (χ2v) is 9.44. The lowest BCUT2D eigenvalue weighted by atomic mass is 9.51. The quantitative estimate of drug-likeness (QED) is 0.750. The van der Waals surface area contributed by atoms with Gasteiger partial charge in [0.2, 0.25) is 5.91 Å². The summed E-state index contributed by atoms with van der Waals surface area (Å²) in [6, 6.07) is 8.10.